The number of halogens is 1. The Bertz CT molecular complexity index is 369. The van der Waals surface area contributed by atoms with Crippen LogP contribution in [0.15, 0.2) is 0 Å². The number of carbonyl (C=O) groups excluding carboxylic acids is 1. The minimum atomic E-state index is 0. The van der Waals surface area contributed by atoms with Gasteiger partial charge in [-0.1, -0.05) is 13.8 Å². The fraction of sp³-hybridized carbons (Fsp3) is 0.938. The maximum atomic E-state index is 12.2. The highest BCUT2D eigenvalue weighted by Crippen LogP contribution is 2.51. The first-order chi connectivity index (χ1) is 9.59. The summed E-state index contributed by atoms with van der Waals surface area (Å²) in [6, 6.07) is 0.307. The van der Waals surface area contributed by atoms with Gasteiger partial charge in [-0.2, -0.15) is 0 Å². The molecular formula is C16H29ClN2O2. The Hall–Kier alpha value is -0.320. The van der Waals surface area contributed by atoms with Crippen LogP contribution in [0.1, 0.15) is 46.0 Å². The molecule has 0 bridgehead atoms. The third-order valence-corrected chi connectivity index (χ3v) is 5.59. The summed E-state index contributed by atoms with van der Waals surface area (Å²) in [7, 11) is 0. The summed E-state index contributed by atoms with van der Waals surface area (Å²) in [5.74, 6) is 1.47. The average molecular weight is 317 g/mol. The Morgan fingerprint density at radius 1 is 1.38 bits per heavy atom. The van der Waals surface area contributed by atoms with Crippen LogP contribution in [0.5, 0.6) is 0 Å². The molecule has 4 nitrogen and oxygen atoms in total. The SMILES string of the molecule is CC1(C)C(NC(=O)CCC2CCNC2)C2CCCOC21.Cl. The van der Waals surface area contributed by atoms with Crippen molar-refractivity contribution in [2.75, 3.05) is 19.7 Å². The predicted molar refractivity (Wildman–Crippen MR) is 85.6 cm³/mol. The highest BCUT2D eigenvalue weighted by atomic mass is 35.5. The van der Waals surface area contributed by atoms with Crippen molar-refractivity contribution in [1.82, 2.24) is 10.6 Å². The molecule has 2 heterocycles. The number of ether oxygens (including phenoxy) is 1. The lowest BCUT2D eigenvalue weighted by atomic mass is 9.55. The Morgan fingerprint density at radius 3 is 2.90 bits per heavy atom. The molecular weight excluding hydrogens is 288 g/mol. The van der Waals surface area contributed by atoms with Gasteiger partial charge in [0.15, 0.2) is 0 Å². The second-order valence-corrected chi connectivity index (χ2v) is 7.36. The summed E-state index contributed by atoms with van der Waals surface area (Å²) in [6.07, 6.45) is 5.61. The Morgan fingerprint density at radius 2 is 2.19 bits per heavy atom. The lowest BCUT2D eigenvalue weighted by Gasteiger charge is -2.59. The van der Waals surface area contributed by atoms with Crippen molar-refractivity contribution in [3.8, 4) is 0 Å². The first-order valence-electron chi connectivity index (χ1n) is 8.20. The Labute approximate surface area is 134 Å². The number of carbonyl (C=O) groups is 1. The van der Waals surface area contributed by atoms with E-state index in [-0.39, 0.29) is 23.7 Å². The topological polar surface area (TPSA) is 50.4 Å². The van der Waals surface area contributed by atoms with Crippen LogP contribution >= 0.6 is 12.4 Å². The summed E-state index contributed by atoms with van der Waals surface area (Å²) in [6.45, 7) is 7.54. The third-order valence-electron chi connectivity index (χ3n) is 5.59. The van der Waals surface area contributed by atoms with E-state index in [1.807, 2.05) is 0 Å². The van der Waals surface area contributed by atoms with Crippen LogP contribution in [0.4, 0.5) is 0 Å². The molecule has 1 saturated carbocycles. The van der Waals surface area contributed by atoms with Gasteiger partial charge in [0.05, 0.1) is 6.10 Å². The Kier molecular flexibility index (Phi) is 5.55. The number of nitrogens with one attached hydrogen (secondary N) is 2. The molecule has 3 aliphatic rings. The molecule has 5 heteroatoms. The zero-order chi connectivity index (χ0) is 14.2. The second-order valence-electron chi connectivity index (χ2n) is 7.36. The fourth-order valence-electron chi connectivity index (χ4n) is 4.36. The van der Waals surface area contributed by atoms with E-state index >= 15 is 0 Å². The minimum absolute atomic E-state index is 0. The quantitative estimate of drug-likeness (QED) is 0.835. The molecule has 2 saturated heterocycles. The molecule has 0 spiro atoms. The van der Waals surface area contributed by atoms with Gasteiger partial charge in [0.2, 0.25) is 5.91 Å². The second kappa shape index (κ2) is 6.84. The van der Waals surface area contributed by atoms with E-state index in [4.69, 9.17) is 4.74 Å². The van der Waals surface area contributed by atoms with Gasteiger partial charge in [0, 0.05) is 30.4 Å². The predicted octanol–water partition coefficient (Wildman–Crippen LogP) is 2.12. The summed E-state index contributed by atoms with van der Waals surface area (Å²) in [5.41, 5.74) is 0.0929. The van der Waals surface area contributed by atoms with Gasteiger partial charge in [0.25, 0.3) is 0 Å². The monoisotopic (exact) mass is 316 g/mol. The highest BCUT2D eigenvalue weighted by Gasteiger charge is 2.58. The summed E-state index contributed by atoms with van der Waals surface area (Å²) in [5, 5.41) is 6.65. The molecule has 21 heavy (non-hydrogen) atoms. The van der Waals surface area contributed by atoms with Crippen LogP contribution in [0.3, 0.4) is 0 Å². The maximum Gasteiger partial charge on any atom is 0.220 e. The van der Waals surface area contributed by atoms with Crippen molar-refractivity contribution in [3.63, 3.8) is 0 Å². The largest absolute Gasteiger partial charge is 0.377 e. The highest BCUT2D eigenvalue weighted by molar-refractivity contribution is 5.85. The molecule has 4 unspecified atom stereocenters. The van der Waals surface area contributed by atoms with Crippen LogP contribution in [0, 0.1) is 17.3 Å². The van der Waals surface area contributed by atoms with Gasteiger partial charge in [-0.15, -0.1) is 12.4 Å². The minimum Gasteiger partial charge on any atom is -0.377 e. The van der Waals surface area contributed by atoms with Crippen LogP contribution < -0.4 is 10.6 Å². The number of rotatable bonds is 4. The molecule has 0 radical (unpaired) electrons. The summed E-state index contributed by atoms with van der Waals surface area (Å²) >= 11 is 0. The van der Waals surface area contributed by atoms with E-state index in [1.165, 1.54) is 12.8 Å². The first kappa shape index (κ1) is 17.0. The van der Waals surface area contributed by atoms with Gasteiger partial charge in [0.1, 0.15) is 0 Å². The zero-order valence-electron chi connectivity index (χ0n) is 13.2. The van der Waals surface area contributed by atoms with E-state index in [1.54, 1.807) is 0 Å². The molecule has 3 fully saturated rings. The lowest BCUT2D eigenvalue weighted by Crippen LogP contribution is -2.70. The fourth-order valence-corrected chi connectivity index (χ4v) is 4.36. The van der Waals surface area contributed by atoms with E-state index in [9.17, 15) is 4.79 Å². The number of amides is 1. The van der Waals surface area contributed by atoms with E-state index in [0.29, 0.717) is 30.4 Å². The normalized spacial score (nSPS) is 37.0. The third kappa shape index (κ3) is 3.38. The summed E-state index contributed by atoms with van der Waals surface area (Å²) in [4.78, 5) is 12.2. The average Bonchev–Trinajstić information content (AvgIpc) is 2.96. The van der Waals surface area contributed by atoms with E-state index < -0.39 is 0 Å². The van der Waals surface area contributed by atoms with Crippen molar-refractivity contribution in [2.24, 2.45) is 17.3 Å². The maximum absolute atomic E-state index is 12.2. The molecule has 0 aromatic rings. The van der Waals surface area contributed by atoms with Crippen molar-refractivity contribution in [1.29, 1.82) is 0 Å². The molecule has 122 valence electrons. The van der Waals surface area contributed by atoms with Crippen LogP contribution in [-0.2, 0) is 9.53 Å². The molecule has 2 N–H and O–H groups in total. The number of fused-ring (bicyclic) bond motifs is 1. The van der Waals surface area contributed by atoms with Crippen molar-refractivity contribution >= 4 is 18.3 Å². The molecule has 2 aliphatic heterocycles. The molecule has 0 aromatic carbocycles. The molecule has 1 aliphatic carbocycles. The molecule has 1 amide bonds. The standard InChI is InChI=1S/C16H28N2O2.ClH/c1-16(2)14(12-4-3-9-20-15(12)16)18-13(19)6-5-11-7-8-17-10-11;/h11-12,14-15,17H,3-10H2,1-2H3,(H,18,19);1H. The lowest BCUT2D eigenvalue weighted by molar-refractivity contribution is -0.193. The van der Waals surface area contributed by atoms with E-state index in [0.717, 1.165) is 32.5 Å². The van der Waals surface area contributed by atoms with Gasteiger partial charge in [-0.3, -0.25) is 4.79 Å². The van der Waals surface area contributed by atoms with Crippen molar-refractivity contribution in [3.05, 3.63) is 0 Å². The van der Waals surface area contributed by atoms with Gasteiger partial charge in [-0.05, 0) is 44.7 Å². The first-order valence-corrected chi connectivity index (χ1v) is 8.20. The van der Waals surface area contributed by atoms with Crippen LogP contribution in [0.25, 0.3) is 0 Å². The molecule has 0 aromatic heterocycles. The van der Waals surface area contributed by atoms with Crippen molar-refractivity contribution < 1.29 is 9.53 Å². The van der Waals surface area contributed by atoms with Gasteiger partial charge < -0.3 is 15.4 Å². The van der Waals surface area contributed by atoms with Crippen molar-refractivity contribution in [2.45, 2.75) is 58.1 Å². The zero-order valence-corrected chi connectivity index (χ0v) is 14.0. The molecule has 4 atom stereocenters. The van der Waals surface area contributed by atoms with Gasteiger partial charge >= 0.3 is 0 Å². The Balaban J connectivity index is 0.00000161. The number of hydrogen-bond acceptors (Lipinski definition) is 3. The smallest absolute Gasteiger partial charge is 0.220 e. The molecule has 3 rings (SSSR count). The number of hydrogen-bond donors (Lipinski definition) is 2. The van der Waals surface area contributed by atoms with E-state index in [2.05, 4.69) is 24.5 Å². The summed E-state index contributed by atoms with van der Waals surface area (Å²) < 4.78 is 5.89. The van der Waals surface area contributed by atoms with Gasteiger partial charge in [-0.25, -0.2) is 0 Å². The van der Waals surface area contributed by atoms with Crippen LogP contribution in [0.2, 0.25) is 0 Å². The van der Waals surface area contributed by atoms with Crippen LogP contribution in [-0.4, -0.2) is 37.7 Å².